The number of nitrogens with one attached hydrogen (secondary N) is 1. The number of para-hydroxylation sites is 1. The zero-order chi connectivity index (χ0) is 31.4. The number of hydrogen-bond donors (Lipinski definition) is 3. The first-order valence-corrected chi connectivity index (χ1v) is 14.4. The number of aliphatic hydroxyl groups is 2. The molecule has 2 aliphatic rings. The maximum Gasteiger partial charge on any atom is 0.349 e. The Morgan fingerprint density at radius 1 is 1.18 bits per heavy atom. The van der Waals surface area contributed by atoms with E-state index in [9.17, 15) is 29.4 Å². The summed E-state index contributed by atoms with van der Waals surface area (Å²) in [6, 6.07) is 10.2. The standard InChI is InChI=1S/C32H34N2O10/c1-3-42-12-6-10-34(31(39)22-15-19-7-4-5-8-24(19)43-32(22)40)23-16-21(30(38)33-9-11-35)26-20-13-18(17-36)14-25(41-2)28(20)44-29(26)27(23)37/h4-5,7-8,13-17,23,26-27,29,35,37H,3,6,9-12H2,1-2H3,(H,33,38)/t23-,26+,27+,29+/m1/s1. The van der Waals surface area contributed by atoms with Crippen molar-refractivity contribution in [2.24, 2.45) is 0 Å². The summed E-state index contributed by atoms with van der Waals surface area (Å²) >= 11 is 0. The third kappa shape index (κ3) is 5.83. The van der Waals surface area contributed by atoms with Gasteiger partial charge in [-0.1, -0.05) is 18.2 Å². The van der Waals surface area contributed by atoms with Crippen molar-refractivity contribution >= 4 is 29.1 Å². The van der Waals surface area contributed by atoms with Crippen molar-refractivity contribution in [2.75, 3.05) is 40.0 Å². The second-order valence-electron chi connectivity index (χ2n) is 10.4. The van der Waals surface area contributed by atoms with E-state index in [4.69, 9.17) is 18.6 Å². The first-order chi connectivity index (χ1) is 21.3. The Morgan fingerprint density at radius 3 is 2.70 bits per heavy atom. The lowest BCUT2D eigenvalue weighted by atomic mass is 9.77. The molecule has 1 aliphatic heterocycles. The van der Waals surface area contributed by atoms with Crippen molar-refractivity contribution < 1.29 is 43.2 Å². The highest BCUT2D eigenvalue weighted by Gasteiger charge is 2.51. The summed E-state index contributed by atoms with van der Waals surface area (Å²) in [5.41, 5.74) is 0.155. The number of aldehydes is 1. The first kappa shape index (κ1) is 30.9. The third-order valence-corrected chi connectivity index (χ3v) is 7.80. The quantitative estimate of drug-likeness (QED) is 0.157. The predicted octanol–water partition coefficient (Wildman–Crippen LogP) is 1.81. The summed E-state index contributed by atoms with van der Waals surface area (Å²) in [6.45, 7) is 2.33. The van der Waals surface area contributed by atoms with Crippen LogP contribution in [0.15, 0.2) is 63.3 Å². The average molecular weight is 607 g/mol. The van der Waals surface area contributed by atoms with Crippen molar-refractivity contribution in [1.29, 1.82) is 0 Å². The minimum absolute atomic E-state index is 0.0403. The van der Waals surface area contributed by atoms with Gasteiger partial charge < -0.3 is 39.1 Å². The van der Waals surface area contributed by atoms with Gasteiger partial charge in [0, 0.05) is 48.4 Å². The molecule has 3 aromatic rings. The van der Waals surface area contributed by atoms with Crippen LogP contribution in [-0.4, -0.2) is 91.5 Å². The fraction of sp³-hybridized carbons (Fsp3) is 0.375. The molecule has 12 nitrogen and oxygen atoms in total. The summed E-state index contributed by atoms with van der Waals surface area (Å²) in [7, 11) is 1.41. The van der Waals surface area contributed by atoms with E-state index in [1.54, 1.807) is 30.3 Å². The SMILES string of the molecule is CCOCCCN(C(=O)c1cc2ccccc2oc1=O)[C@@H]1C=C(C(=O)NCCO)[C@@H]2c3cc(C=O)cc(OC)c3O[C@@H]2[C@H]1O. The van der Waals surface area contributed by atoms with Gasteiger partial charge in [0.05, 0.1) is 25.7 Å². The van der Waals surface area contributed by atoms with Crippen LogP contribution in [0.1, 0.15) is 45.5 Å². The van der Waals surface area contributed by atoms with Gasteiger partial charge in [-0.3, -0.25) is 14.4 Å². The third-order valence-electron chi connectivity index (χ3n) is 7.80. The number of hydrogen-bond acceptors (Lipinski definition) is 10. The Morgan fingerprint density at radius 2 is 1.98 bits per heavy atom. The fourth-order valence-corrected chi connectivity index (χ4v) is 5.79. The van der Waals surface area contributed by atoms with Crippen LogP contribution in [-0.2, 0) is 9.53 Å². The van der Waals surface area contributed by atoms with Gasteiger partial charge >= 0.3 is 5.63 Å². The molecule has 5 rings (SSSR count). The molecule has 232 valence electrons. The Bertz CT molecular complexity index is 1650. The molecule has 4 atom stereocenters. The molecule has 1 aliphatic carbocycles. The zero-order valence-corrected chi connectivity index (χ0v) is 24.4. The van der Waals surface area contributed by atoms with Crippen LogP contribution in [0.2, 0.25) is 0 Å². The number of amides is 2. The largest absolute Gasteiger partial charge is 0.493 e. The minimum atomic E-state index is -1.37. The summed E-state index contributed by atoms with van der Waals surface area (Å²) < 4.78 is 22.6. The first-order valence-electron chi connectivity index (χ1n) is 14.4. The van der Waals surface area contributed by atoms with Gasteiger partial charge in [-0.2, -0.15) is 0 Å². The Balaban J connectivity index is 1.61. The number of methoxy groups -OCH3 is 1. The molecule has 0 radical (unpaired) electrons. The number of fused-ring (bicyclic) bond motifs is 4. The van der Waals surface area contributed by atoms with Crippen LogP contribution in [0.5, 0.6) is 11.5 Å². The van der Waals surface area contributed by atoms with Gasteiger partial charge in [0.2, 0.25) is 5.91 Å². The Hall–Kier alpha value is -4.52. The van der Waals surface area contributed by atoms with Gasteiger partial charge in [-0.05, 0) is 43.7 Å². The van der Waals surface area contributed by atoms with Crippen LogP contribution in [0, 0.1) is 0 Å². The van der Waals surface area contributed by atoms with E-state index in [1.165, 1.54) is 30.2 Å². The fourth-order valence-electron chi connectivity index (χ4n) is 5.79. The minimum Gasteiger partial charge on any atom is -0.493 e. The molecular formula is C32H34N2O10. The molecule has 44 heavy (non-hydrogen) atoms. The predicted molar refractivity (Wildman–Crippen MR) is 158 cm³/mol. The molecule has 0 fully saturated rings. The molecule has 2 aromatic carbocycles. The van der Waals surface area contributed by atoms with Crippen LogP contribution in [0.3, 0.4) is 0 Å². The lowest BCUT2D eigenvalue weighted by Gasteiger charge is -2.40. The van der Waals surface area contributed by atoms with Crippen molar-refractivity contribution in [3.8, 4) is 11.5 Å². The monoisotopic (exact) mass is 606 g/mol. The molecular weight excluding hydrogens is 572 g/mol. The molecule has 12 heteroatoms. The molecule has 0 saturated carbocycles. The normalized spacial score (nSPS) is 20.2. The van der Waals surface area contributed by atoms with E-state index in [1.807, 2.05) is 6.92 Å². The van der Waals surface area contributed by atoms with E-state index < -0.39 is 41.6 Å². The highest BCUT2D eigenvalue weighted by molar-refractivity contribution is 5.99. The lowest BCUT2D eigenvalue weighted by Crippen LogP contribution is -2.56. The topological polar surface area (TPSA) is 165 Å². The van der Waals surface area contributed by atoms with Crippen molar-refractivity contribution in [2.45, 2.75) is 37.5 Å². The van der Waals surface area contributed by atoms with Crippen LogP contribution in [0.4, 0.5) is 0 Å². The summed E-state index contributed by atoms with van der Waals surface area (Å²) in [6.07, 6.45) is 0.0722. The number of ether oxygens (including phenoxy) is 3. The van der Waals surface area contributed by atoms with E-state index >= 15 is 0 Å². The van der Waals surface area contributed by atoms with Gasteiger partial charge in [-0.25, -0.2) is 4.79 Å². The van der Waals surface area contributed by atoms with E-state index in [-0.39, 0.29) is 47.9 Å². The molecule has 1 aromatic heterocycles. The molecule has 0 unspecified atom stereocenters. The lowest BCUT2D eigenvalue weighted by molar-refractivity contribution is -0.118. The Kier molecular flexibility index (Phi) is 9.43. The van der Waals surface area contributed by atoms with Crippen molar-refractivity contribution in [1.82, 2.24) is 10.2 Å². The molecule has 0 spiro atoms. The number of carbonyl (C=O) groups is 3. The van der Waals surface area contributed by atoms with Crippen molar-refractivity contribution in [3.05, 3.63) is 81.2 Å². The summed E-state index contributed by atoms with van der Waals surface area (Å²) in [5, 5.41) is 24.4. The van der Waals surface area contributed by atoms with E-state index in [0.29, 0.717) is 42.5 Å². The highest BCUT2D eigenvalue weighted by Crippen LogP contribution is 2.51. The van der Waals surface area contributed by atoms with Gasteiger partial charge in [0.1, 0.15) is 29.6 Å². The van der Waals surface area contributed by atoms with Gasteiger partial charge in [0.15, 0.2) is 11.5 Å². The second kappa shape index (κ2) is 13.4. The summed E-state index contributed by atoms with van der Waals surface area (Å²) in [4.78, 5) is 53.7. The molecule has 2 amide bonds. The van der Waals surface area contributed by atoms with E-state index in [0.717, 1.165) is 0 Å². The van der Waals surface area contributed by atoms with Gasteiger partial charge in [0.25, 0.3) is 5.91 Å². The molecule has 3 N–H and O–H groups in total. The second-order valence-corrected chi connectivity index (χ2v) is 10.4. The number of nitrogens with zero attached hydrogens (tertiary/aromatic N) is 1. The average Bonchev–Trinajstić information content (AvgIpc) is 3.43. The Labute approximate surface area is 252 Å². The summed E-state index contributed by atoms with van der Waals surface area (Å²) in [5.74, 6) is -1.57. The van der Waals surface area contributed by atoms with Crippen LogP contribution >= 0.6 is 0 Å². The van der Waals surface area contributed by atoms with E-state index in [2.05, 4.69) is 5.32 Å². The maximum absolute atomic E-state index is 14.1. The molecule has 0 bridgehead atoms. The maximum atomic E-state index is 14.1. The van der Waals surface area contributed by atoms with Crippen LogP contribution in [0.25, 0.3) is 11.0 Å². The number of rotatable bonds is 12. The van der Waals surface area contributed by atoms with Crippen molar-refractivity contribution in [3.63, 3.8) is 0 Å². The number of carbonyl (C=O) groups excluding carboxylic acids is 3. The smallest absolute Gasteiger partial charge is 0.349 e. The van der Waals surface area contributed by atoms with Gasteiger partial charge in [-0.15, -0.1) is 0 Å². The number of aliphatic hydroxyl groups excluding tert-OH is 2. The van der Waals surface area contributed by atoms with Crippen LogP contribution < -0.4 is 20.4 Å². The number of benzene rings is 2. The zero-order valence-electron chi connectivity index (χ0n) is 24.4. The molecule has 2 heterocycles. The highest BCUT2D eigenvalue weighted by atomic mass is 16.5. The molecule has 0 saturated heterocycles.